The molecule has 1 fully saturated rings. The van der Waals surface area contributed by atoms with E-state index in [4.69, 9.17) is 10.5 Å². The van der Waals surface area contributed by atoms with Crippen LogP contribution in [0.1, 0.15) is 6.42 Å². The summed E-state index contributed by atoms with van der Waals surface area (Å²) < 4.78 is 7.07. The van der Waals surface area contributed by atoms with Crippen LogP contribution in [0.4, 0.5) is 0 Å². The van der Waals surface area contributed by atoms with Crippen molar-refractivity contribution in [1.29, 1.82) is 0 Å². The molecule has 1 aliphatic heterocycles. The molecule has 0 radical (unpaired) electrons. The molecule has 0 bridgehead atoms. The van der Waals surface area contributed by atoms with Gasteiger partial charge in [-0.2, -0.15) is 0 Å². The smallest absolute Gasteiger partial charge is 0.269 e. The lowest BCUT2D eigenvalue weighted by Crippen LogP contribution is -2.38. The summed E-state index contributed by atoms with van der Waals surface area (Å²) in [7, 11) is 0. The second-order valence-electron chi connectivity index (χ2n) is 4.98. The molecule has 1 aromatic heterocycles. The van der Waals surface area contributed by atoms with Gasteiger partial charge in [-0.05, 0) is 18.6 Å². The molecule has 5 nitrogen and oxygen atoms in total. The molecule has 2 N–H and O–H groups in total. The first-order chi connectivity index (χ1) is 9.25. The zero-order valence-corrected chi connectivity index (χ0v) is 10.7. The number of aromatic nitrogens is 2. The molecule has 1 aromatic carbocycles. The molecule has 2 aromatic rings. The van der Waals surface area contributed by atoms with E-state index in [0.29, 0.717) is 19.1 Å². The van der Waals surface area contributed by atoms with Gasteiger partial charge in [0.1, 0.15) is 0 Å². The molecule has 1 aliphatic rings. The minimum absolute atomic E-state index is 0.0639. The van der Waals surface area contributed by atoms with Gasteiger partial charge in [-0.3, -0.25) is 4.79 Å². The van der Waals surface area contributed by atoms with Crippen molar-refractivity contribution in [3.63, 3.8) is 0 Å². The van der Waals surface area contributed by atoms with E-state index in [2.05, 4.69) is 4.98 Å². The maximum atomic E-state index is 12.0. The molecular formula is C14H17N3O2. The topological polar surface area (TPSA) is 70.1 Å². The van der Waals surface area contributed by atoms with Crippen molar-refractivity contribution in [1.82, 2.24) is 9.55 Å². The fourth-order valence-electron chi connectivity index (χ4n) is 2.55. The molecule has 2 atom stereocenters. The van der Waals surface area contributed by atoms with Crippen LogP contribution in [0.2, 0.25) is 0 Å². The van der Waals surface area contributed by atoms with Gasteiger partial charge >= 0.3 is 0 Å². The van der Waals surface area contributed by atoms with Crippen LogP contribution in [0.15, 0.2) is 35.3 Å². The molecule has 5 heteroatoms. The molecule has 2 unspecified atom stereocenters. The Bertz CT molecular complexity index is 632. The van der Waals surface area contributed by atoms with Gasteiger partial charge in [0.25, 0.3) is 5.56 Å². The van der Waals surface area contributed by atoms with E-state index in [0.717, 1.165) is 24.1 Å². The minimum atomic E-state index is -0.104. The molecule has 0 aliphatic carbocycles. The van der Waals surface area contributed by atoms with E-state index < -0.39 is 0 Å². The van der Waals surface area contributed by atoms with E-state index in [9.17, 15) is 4.79 Å². The van der Waals surface area contributed by atoms with Crippen molar-refractivity contribution in [2.75, 3.05) is 13.2 Å². The summed E-state index contributed by atoms with van der Waals surface area (Å²) in [4.78, 5) is 16.1. The molecular weight excluding hydrogens is 242 g/mol. The van der Waals surface area contributed by atoms with Crippen molar-refractivity contribution in [2.45, 2.75) is 19.0 Å². The zero-order chi connectivity index (χ0) is 13.2. The van der Waals surface area contributed by atoms with Gasteiger partial charge < -0.3 is 15.0 Å². The predicted molar refractivity (Wildman–Crippen MR) is 72.9 cm³/mol. The molecule has 2 heterocycles. The quantitative estimate of drug-likeness (QED) is 0.883. The highest BCUT2D eigenvalue weighted by atomic mass is 16.5. The Labute approximate surface area is 111 Å². The lowest BCUT2D eigenvalue weighted by Gasteiger charge is -2.19. The van der Waals surface area contributed by atoms with Crippen LogP contribution in [0.3, 0.4) is 0 Å². The Morgan fingerprint density at radius 3 is 3.11 bits per heavy atom. The SMILES string of the molecule is NC(Cn1c(=O)cnc2ccccc21)C1CCOC1. The van der Waals surface area contributed by atoms with Gasteiger partial charge in [0, 0.05) is 25.1 Å². The Balaban J connectivity index is 1.95. The highest BCUT2D eigenvalue weighted by Crippen LogP contribution is 2.17. The fraction of sp³-hybridized carbons (Fsp3) is 0.429. The van der Waals surface area contributed by atoms with Crippen molar-refractivity contribution < 1.29 is 4.74 Å². The Kier molecular flexibility index (Phi) is 3.31. The monoisotopic (exact) mass is 259 g/mol. The number of nitrogens with two attached hydrogens (primary N) is 1. The molecule has 19 heavy (non-hydrogen) atoms. The van der Waals surface area contributed by atoms with Gasteiger partial charge in [-0.1, -0.05) is 12.1 Å². The minimum Gasteiger partial charge on any atom is -0.381 e. The third-order valence-electron chi connectivity index (χ3n) is 3.72. The van der Waals surface area contributed by atoms with Gasteiger partial charge in [0.15, 0.2) is 0 Å². The van der Waals surface area contributed by atoms with E-state index in [-0.39, 0.29) is 11.6 Å². The molecule has 3 rings (SSSR count). The van der Waals surface area contributed by atoms with Gasteiger partial charge in [-0.25, -0.2) is 4.98 Å². The molecule has 100 valence electrons. The second-order valence-corrected chi connectivity index (χ2v) is 4.98. The van der Waals surface area contributed by atoms with Crippen molar-refractivity contribution >= 4 is 11.0 Å². The van der Waals surface area contributed by atoms with Crippen molar-refractivity contribution in [3.05, 3.63) is 40.8 Å². The molecule has 1 saturated heterocycles. The van der Waals surface area contributed by atoms with Crippen LogP contribution in [0, 0.1) is 5.92 Å². The van der Waals surface area contributed by atoms with E-state index in [1.54, 1.807) is 4.57 Å². The molecule has 0 amide bonds. The maximum absolute atomic E-state index is 12.0. The van der Waals surface area contributed by atoms with E-state index in [1.165, 1.54) is 6.20 Å². The van der Waals surface area contributed by atoms with Crippen molar-refractivity contribution in [3.8, 4) is 0 Å². The number of para-hydroxylation sites is 2. The Morgan fingerprint density at radius 2 is 2.32 bits per heavy atom. The number of rotatable bonds is 3. The van der Waals surface area contributed by atoms with Crippen LogP contribution in [-0.4, -0.2) is 28.8 Å². The average Bonchev–Trinajstić information content (AvgIpc) is 2.96. The van der Waals surface area contributed by atoms with Crippen LogP contribution < -0.4 is 11.3 Å². The van der Waals surface area contributed by atoms with Crippen molar-refractivity contribution in [2.24, 2.45) is 11.7 Å². The van der Waals surface area contributed by atoms with Gasteiger partial charge in [0.05, 0.1) is 23.8 Å². The third-order valence-corrected chi connectivity index (χ3v) is 3.72. The highest BCUT2D eigenvalue weighted by Gasteiger charge is 2.23. The van der Waals surface area contributed by atoms with Gasteiger partial charge in [-0.15, -0.1) is 0 Å². The summed E-state index contributed by atoms with van der Waals surface area (Å²) in [5.74, 6) is 0.332. The third kappa shape index (κ3) is 2.39. The van der Waals surface area contributed by atoms with Crippen LogP contribution in [0.25, 0.3) is 11.0 Å². The Hall–Kier alpha value is -1.72. The van der Waals surface area contributed by atoms with E-state index in [1.807, 2.05) is 24.3 Å². The summed E-state index contributed by atoms with van der Waals surface area (Å²) in [6.45, 7) is 1.97. The number of hydrogen-bond acceptors (Lipinski definition) is 4. The number of fused-ring (bicyclic) bond motifs is 1. The predicted octanol–water partition coefficient (Wildman–Crippen LogP) is 0.760. The Morgan fingerprint density at radius 1 is 1.47 bits per heavy atom. The lowest BCUT2D eigenvalue weighted by atomic mass is 10.00. The second kappa shape index (κ2) is 5.11. The van der Waals surface area contributed by atoms with Gasteiger partial charge in [0.2, 0.25) is 0 Å². The fourth-order valence-corrected chi connectivity index (χ4v) is 2.55. The van der Waals surface area contributed by atoms with Crippen LogP contribution in [0.5, 0.6) is 0 Å². The highest BCUT2D eigenvalue weighted by molar-refractivity contribution is 5.74. The standard InChI is InChI=1S/C14H17N3O2/c15-11(10-5-6-19-9-10)8-17-13-4-2-1-3-12(13)16-7-14(17)18/h1-4,7,10-11H,5-6,8-9,15H2. The zero-order valence-electron chi connectivity index (χ0n) is 10.7. The van der Waals surface area contributed by atoms with E-state index >= 15 is 0 Å². The average molecular weight is 259 g/mol. The number of nitrogens with zero attached hydrogens (tertiary/aromatic N) is 2. The molecule has 0 saturated carbocycles. The lowest BCUT2D eigenvalue weighted by molar-refractivity contribution is 0.179. The summed E-state index contributed by atoms with van der Waals surface area (Å²) in [6, 6.07) is 7.56. The summed E-state index contributed by atoms with van der Waals surface area (Å²) in [5, 5.41) is 0. The van der Waals surface area contributed by atoms with Crippen LogP contribution >= 0.6 is 0 Å². The first-order valence-corrected chi connectivity index (χ1v) is 6.53. The summed E-state index contributed by atoms with van der Waals surface area (Å²) in [5.41, 5.74) is 7.76. The normalized spacial score (nSPS) is 20.8. The largest absolute Gasteiger partial charge is 0.381 e. The molecule has 0 spiro atoms. The maximum Gasteiger partial charge on any atom is 0.269 e. The summed E-state index contributed by atoms with van der Waals surface area (Å²) >= 11 is 0. The number of benzene rings is 1. The summed E-state index contributed by atoms with van der Waals surface area (Å²) in [6.07, 6.45) is 2.33. The number of hydrogen-bond donors (Lipinski definition) is 1. The number of ether oxygens (including phenoxy) is 1. The van der Waals surface area contributed by atoms with Crippen LogP contribution in [-0.2, 0) is 11.3 Å². The first-order valence-electron chi connectivity index (χ1n) is 6.53. The first kappa shape index (κ1) is 12.3.